The van der Waals surface area contributed by atoms with Crippen LogP contribution >= 0.6 is 0 Å². The van der Waals surface area contributed by atoms with Crippen LogP contribution in [0.3, 0.4) is 0 Å². The van der Waals surface area contributed by atoms with Crippen molar-refractivity contribution in [2.75, 3.05) is 0 Å². The van der Waals surface area contributed by atoms with E-state index in [4.69, 9.17) is 0 Å². The minimum Gasteiger partial charge on any atom is -0.296 e. The minimum absolute atomic E-state index is 0.219. The van der Waals surface area contributed by atoms with Crippen molar-refractivity contribution in [2.24, 2.45) is 0 Å². The molecule has 4 aromatic rings. The predicted octanol–water partition coefficient (Wildman–Crippen LogP) is 4.09. The number of nitrogens with zero attached hydrogens (tertiary/aromatic N) is 2. The summed E-state index contributed by atoms with van der Waals surface area (Å²) in [5.74, 6) is -0.219. The molecule has 2 aromatic heterocycles. The third-order valence-electron chi connectivity index (χ3n) is 3.51. The molecule has 0 radical (unpaired) electrons. The van der Waals surface area contributed by atoms with Crippen molar-refractivity contribution in [2.45, 2.75) is 6.92 Å². The maximum Gasteiger partial charge on any atom is 0.147 e. The quantitative estimate of drug-likeness (QED) is 0.459. The van der Waals surface area contributed by atoms with Crippen LogP contribution in [0.2, 0.25) is 0 Å². The van der Waals surface area contributed by atoms with Gasteiger partial charge in [-0.1, -0.05) is 30.3 Å². The van der Waals surface area contributed by atoms with Gasteiger partial charge >= 0.3 is 0 Å². The van der Waals surface area contributed by atoms with Crippen LogP contribution in [0.15, 0.2) is 48.7 Å². The second kappa shape index (κ2) is 3.54. The Morgan fingerprint density at radius 1 is 1.05 bits per heavy atom. The fourth-order valence-electron chi connectivity index (χ4n) is 2.59. The summed E-state index contributed by atoms with van der Waals surface area (Å²) in [6, 6.07) is 13.5. The molecule has 0 fully saturated rings. The SMILES string of the molecule is Cc1ccc2nc3c4ccccc4c(F)cn3c2c1. The molecule has 2 heterocycles. The number of fused-ring (bicyclic) bond motifs is 5. The molecule has 2 aromatic carbocycles. The van der Waals surface area contributed by atoms with Crippen molar-refractivity contribution >= 4 is 27.5 Å². The van der Waals surface area contributed by atoms with E-state index in [0.717, 1.165) is 27.6 Å². The molecule has 3 heteroatoms. The number of pyridine rings is 1. The monoisotopic (exact) mass is 250 g/mol. The highest BCUT2D eigenvalue weighted by atomic mass is 19.1. The van der Waals surface area contributed by atoms with Crippen LogP contribution in [0.5, 0.6) is 0 Å². The molecule has 0 aliphatic rings. The Morgan fingerprint density at radius 2 is 1.84 bits per heavy atom. The van der Waals surface area contributed by atoms with Gasteiger partial charge in [-0.3, -0.25) is 4.40 Å². The van der Waals surface area contributed by atoms with E-state index < -0.39 is 0 Å². The fourth-order valence-corrected chi connectivity index (χ4v) is 2.59. The van der Waals surface area contributed by atoms with E-state index >= 15 is 0 Å². The number of halogens is 1. The van der Waals surface area contributed by atoms with Gasteiger partial charge in [0.1, 0.15) is 11.5 Å². The van der Waals surface area contributed by atoms with Gasteiger partial charge in [-0.05, 0) is 24.6 Å². The minimum atomic E-state index is -0.219. The normalized spacial score (nSPS) is 11.7. The lowest BCUT2D eigenvalue weighted by molar-refractivity contribution is 0.632. The molecule has 0 bridgehead atoms. The first-order chi connectivity index (χ1) is 9.24. The van der Waals surface area contributed by atoms with Crippen molar-refractivity contribution in [3.05, 3.63) is 60.0 Å². The molecule has 0 saturated carbocycles. The molecule has 0 N–H and O–H groups in total. The van der Waals surface area contributed by atoms with Crippen LogP contribution in [0, 0.1) is 12.7 Å². The zero-order valence-electron chi connectivity index (χ0n) is 10.4. The standard InChI is InChI=1S/C16H11FN2/c1-10-6-7-14-15(8-10)19-9-13(17)11-4-2-3-5-12(11)16(19)18-14/h2-9H,1H3. The number of aryl methyl sites for hydroxylation is 1. The zero-order valence-corrected chi connectivity index (χ0v) is 10.4. The van der Waals surface area contributed by atoms with E-state index in [1.54, 1.807) is 6.07 Å². The summed E-state index contributed by atoms with van der Waals surface area (Å²) >= 11 is 0. The van der Waals surface area contributed by atoms with Crippen molar-refractivity contribution in [1.82, 2.24) is 9.38 Å². The maximum atomic E-state index is 14.2. The predicted molar refractivity (Wildman–Crippen MR) is 74.9 cm³/mol. The number of aromatic nitrogens is 2. The van der Waals surface area contributed by atoms with Gasteiger partial charge in [0.2, 0.25) is 0 Å². The van der Waals surface area contributed by atoms with Crippen molar-refractivity contribution in [1.29, 1.82) is 0 Å². The van der Waals surface area contributed by atoms with E-state index in [0.29, 0.717) is 5.39 Å². The van der Waals surface area contributed by atoms with Crippen LogP contribution in [-0.2, 0) is 0 Å². The number of hydrogen-bond donors (Lipinski definition) is 0. The fraction of sp³-hybridized carbons (Fsp3) is 0.0625. The molecular formula is C16H11FN2. The van der Waals surface area contributed by atoms with E-state index in [2.05, 4.69) is 4.98 Å². The molecule has 0 amide bonds. The lowest BCUT2D eigenvalue weighted by Crippen LogP contribution is -1.90. The van der Waals surface area contributed by atoms with E-state index in [-0.39, 0.29) is 5.82 Å². The first kappa shape index (κ1) is 10.5. The summed E-state index contributed by atoms with van der Waals surface area (Å²) in [6.07, 6.45) is 1.52. The van der Waals surface area contributed by atoms with Crippen molar-refractivity contribution < 1.29 is 4.39 Å². The summed E-state index contributed by atoms with van der Waals surface area (Å²) in [6.45, 7) is 2.02. The van der Waals surface area contributed by atoms with Gasteiger partial charge in [-0.25, -0.2) is 9.37 Å². The van der Waals surface area contributed by atoms with Crippen molar-refractivity contribution in [3.63, 3.8) is 0 Å². The summed E-state index contributed by atoms with van der Waals surface area (Å²) in [5.41, 5.74) is 3.78. The average Bonchev–Trinajstić information content (AvgIpc) is 2.78. The molecule has 19 heavy (non-hydrogen) atoms. The van der Waals surface area contributed by atoms with Gasteiger partial charge in [-0.2, -0.15) is 0 Å². The van der Waals surface area contributed by atoms with Crippen LogP contribution in [0.4, 0.5) is 4.39 Å². The molecule has 0 aliphatic carbocycles. The zero-order chi connectivity index (χ0) is 13.0. The van der Waals surface area contributed by atoms with Crippen molar-refractivity contribution in [3.8, 4) is 0 Å². The van der Waals surface area contributed by atoms with E-state index in [9.17, 15) is 4.39 Å². The molecular weight excluding hydrogens is 239 g/mol. The van der Waals surface area contributed by atoms with Crippen LogP contribution in [-0.4, -0.2) is 9.38 Å². The smallest absolute Gasteiger partial charge is 0.147 e. The van der Waals surface area contributed by atoms with Gasteiger partial charge in [0, 0.05) is 17.0 Å². The Bertz CT molecular complexity index is 938. The second-order valence-electron chi connectivity index (χ2n) is 4.82. The Kier molecular flexibility index (Phi) is 1.96. The van der Waals surface area contributed by atoms with Gasteiger partial charge in [0.15, 0.2) is 0 Å². The molecule has 0 atom stereocenters. The molecule has 92 valence electrons. The third kappa shape index (κ3) is 1.38. The lowest BCUT2D eigenvalue weighted by Gasteiger charge is -2.02. The molecule has 0 unspecified atom stereocenters. The highest BCUT2D eigenvalue weighted by Gasteiger charge is 2.11. The molecule has 0 aliphatic heterocycles. The van der Waals surface area contributed by atoms with E-state index in [1.807, 2.05) is 47.7 Å². The van der Waals surface area contributed by atoms with E-state index in [1.165, 1.54) is 6.20 Å². The molecule has 2 nitrogen and oxygen atoms in total. The Balaban J connectivity index is 2.32. The summed E-state index contributed by atoms with van der Waals surface area (Å²) in [5, 5.41) is 1.46. The number of rotatable bonds is 0. The third-order valence-corrected chi connectivity index (χ3v) is 3.51. The largest absolute Gasteiger partial charge is 0.296 e. The summed E-state index contributed by atoms with van der Waals surface area (Å²) in [4.78, 5) is 4.62. The van der Waals surface area contributed by atoms with Crippen LogP contribution in [0.25, 0.3) is 27.5 Å². The highest BCUT2D eigenvalue weighted by molar-refractivity contribution is 5.98. The maximum absolute atomic E-state index is 14.2. The van der Waals surface area contributed by atoms with Gasteiger partial charge in [-0.15, -0.1) is 0 Å². The lowest BCUT2D eigenvalue weighted by atomic mass is 10.1. The Hall–Kier alpha value is -2.42. The average molecular weight is 250 g/mol. The number of benzene rings is 2. The topological polar surface area (TPSA) is 17.3 Å². The summed E-state index contributed by atoms with van der Waals surface area (Å²) in [7, 11) is 0. The number of imidazole rings is 1. The summed E-state index contributed by atoms with van der Waals surface area (Å²) < 4.78 is 16.0. The highest BCUT2D eigenvalue weighted by Crippen LogP contribution is 2.26. The number of hydrogen-bond acceptors (Lipinski definition) is 1. The molecule has 4 rings (SSSR count). The van der Waals surface area contributed by atoms with Crippen LogP contribution < -0.4 is 0 Å². The van der Waals surface area contributed by atoms with Gasteiger partial charge in [0.05, 0.1) is 11.0 Å². The Morgan fingerprint density at radius 3 is 2.68 bits per heavy atom. The van der Waals surface area contributed by atoms with Crippen LogP contribution in [0.1, 0.15) is 5.56 Å². The first-order valence-electron chi connectivity index (χ1n) is 6.20. The molecule has 0 saturated heterocycles. The van der Waals surface area contributed by atoms with Gasteiger partial charge in [0.25, 0.3) is 0 Å². The van der Waals surface area contributed by atoms with Gasteiger partial charge < -0.3 is 0 Å². The molecule has 0 spiro atoms. The first-order valence-corrected chi connectivity index (χ1v) is 6.20. The Labute approximate surface area is 109 Å². The second-order valence-corrected chi connectivity index (χ2v) is 4.82.